The van der Waals surface area contributed by atoms with Crippen molar-refractivity contribution >= 4 is 17.8 Å². The van der Waals surface area contributed by atoms with E-state index in [9.17, 15) is 14.4 Å². The van der Waals surface area contributed by atoms with Gasteiger partial charge in [-0.15, -0.1) is 0 Å². The molecular formula is C21H14N2O5. The molecule has 138 valence electrons. The van der Waals surface area contributed by atoms with Gasteiger partial charge in [-0.05, 0) is 49.4 Å². The maximum Gasteiger partial charge on any atom is 0.363 e. The third kappa shape index (κ3) is 3.09. The number of fused-ring (bicyclic) bond motifs is 1. The van der Waals surface area contributed by atoms with Gasteiger partial charge in [-0.3, -0.25) is 9.59 Å². The summed E-state index contributed by atoms with van der Waals surface area (Å²) in [7, 11) is 0. The predicted molar refractivity (Wildman–Crippen MR) is 97.8 cm³/mol. The van der Waals surface area contributed by atoms with E-state index in [2.05, 4.69) is 4.98 Å². The molecule has 28 heavy (non-hydrogen) atoms. The fraction of sp³-hybridized carbons (Fsp3) is 0.0476. The van der Waals surface area contributed by atoms with Crippen LogP contribution in [0, 0.1) is 6.92 Å². The Hall–Kier alpha value is -4.00. The number of aromatic nitrogens is 1. The minimum atomic E-state index is -0.824. The van der Waals surface area contributed by atoms with E-state index in [0.29, 0.717) is 16.7 Å². The molecule has 0 aliphatic carbocycles. The predicted octanol–water partition coefficient (Wildman–Crippen LogP) is 3.55. The van der Waals surface area contributed by atoms with Crippen LogP contribution in [0.1, 0.15) is 36.6 Å². The van der Waals surface area contributed by atoms with Gasteiger partial charge >= 0.3 is 5.97 Å². The molecule has 7 nitrogen and oxygen atoms in total. The molecule has 0 saturated heterocycles. The molecule has 0 N–H and O–H groups in total. The van der Waals surface area contributed by atoms with Gasteiger partial charge in [0.25, 0.3) is 11.8 Å². The lowest BCUT2D eigenvalue weighted by molar-refractivity contribution is -0.0584. The summed E-state index contributed by atoms with van der Waals surface area (Å²) in [4.78, 5) is 46.0. The van der Waals surface area contributed by atoms with Crippen molar-refractivity contribution < 1.29 is 24.0 Å². The number of hydroxylamine groups is 2. The van der Waals surface area contributed by atoms with E-state index in [-0.39, 0.29) is 16.7 Å². The number of aryl methyl sites for hydroxylation is 1. The number of benzene rings is 2. The highest BCUT2D eigenvalue weighted by Gasteiger charge is 2.38. The van der Waals surface area contributed by atoms with Gasteiger partial charge in [0.15, 0.2) is 0 Å². The topological polar surface area (TPSA) is 85.8 Å². The number of hydrogen-bond donors (Lipinski definition) is 0. The third-order valence-corrected chi connectivity index (χ3v) is 4.20. The van der Waals surface area contributed by atoms with Crippen molar-refractivity contribution in [3.63, 3.8) is 0 Å². The Labute approximate surface area is 160 Å². The number of imide groups is 1. The van der Waals surface area contributed by atoms with Crippen LogP contribution in [-0.4, -0.2) is 27.8 Å². The third-order valence-electron chi connectivity index (χ3n) is 4.20. The second-order valence-corrected chi connectivity index (χ2v) is 6.08. The van der Waals surface area contributed by atoms with Crippen molar-refractivity contribution in [2.45, 2.75) is 6.92 Å². The van der Waals surface area contributed by atoms with Crippen LogP contribution < -0.4 is 4.74 Å². The van der Waals surface area contributed by atoms with Crippen molar-refractivity contribution in [3.05, 3.63) is 89.1 Å². The van der Waals surface area contributed by atoms with Gasteiger partial charge in [0.2, 0.25) is 5.88 Å². The molecule has 2 aromatic carbocycles. The SMILES string of the molecule is Cc1cccnc1Oc1ccc(C(=O)ON2C(=O)c3ccccc3C2=O)cc1. The van der Waals surface area contributed by atoms with Crippen LogP contribution in [0.25, 0.3) is 0 Å². The Morgan fingerprint density at radius 1 is 0.893 bits per heavy atom. The highest BCUT2D eigenvalue weighted by Crippen LogP contribution is 2.25. The number of carbonyl (C=O) groups excluding carboxylic acids is 3. The Bertz CT molecular complexity index is 1060. The first-order chi connectivity index (χ1) is 13.5. The summed E-state index contributed by atoms with van der Waals surface area (Å²) in [6.07, 6.45) is 1.62. The summed E-state index contributed by atoms with van der Waals surface area (Å²) < 4.78 is 5.67. The number of amides is 2. The Morgan fingerprint density at radius 3 is 2.14 bits per heavy atom. The Morgan fingerprint density at radius 2 is 1.54 bits per heavy atom. The van der Waals surface area contributed by atoms with Gasteiger partial charge in [0.1, 0.15) is 5.75 Å². The largest absolute Gasteiger partial charge is 0.439 e. The standard InChI is InChI=1S/C21H14N2O5/c1-13-5-4-12-22-18(13)27-15-10-8-14(9-11-15)21(26)28-23-19(24)16-6-2-3-7-17(16)20(23)25/h2-12H,1H3. The number of hydrogen-bond acceptors (Lipinski definition) is 6. The minimum absolute atomic E-state index is 0.168. The van der Waals surface area contributed by atoms with E-state index in [1.807, 2.05) is 13.0 Å². The molecular weight excluding hydrogens is 360 g/mol. The van der Waals surface area contributed by atoms with E-state index in [1.165, 1.54) is 24.3 Å². The summed E-state index contributed by atoms with van der Waals surface area (Å²) >= 11 is 0. The molecule has 7 heteroatoms. The molecule has 0 atom stereocenters. The zero-order chi connectivity index (χ0) is 19.7. The Kier molecular flexibility index (Phi) is 4.33. The zero-order valence-corrected chi connectivity index (χ0v) is 14.8. The van der Waals surface area contributed by atoms with Crippen LogP contribution in [0.5, 0.6) is 11.6 Å². The summed E-state index contributed by atoms with van der Waals surface area (Å²) in [6.45, 7) is 1.87. The van der Waals surface area contributed by atoms with Crippen molar-refractivity contribution in [2.75, 3.05) is 0 Å². The summed E-state index contributed by atoms with van der Waals surface area (Å²) in [6, 6.07) is 16.1. The van der Waals surface area contributed by atoms with Crippen LogP contribution in [0.4, 0.5) is 0 Å². The minimum Gasteiger partial charge on any atom is -0.439 e. The Balaban J connectivity index is 1.47. The van der Waals surface area contributed by atoms with E-state index in [0.717, 1.165) is 5.56 Å². The fourth-order valence-electron chi connectivity index (χ4n) is 2.73. The lowest BCUT2D eigenvalue weighted by atomic mass is 10.1. The maximum absolute atomic E-state index is 12.3. The number of carbonyl (C=O) groups is 3. The van der Waals surface area contributed by atoms with Gasteiger partial charge < -0.3 is 9.57 Å². The maximum atomic E-state index is 12.3. The van der Waals surface area contributed by atoms with Crippen molar-refractivity contribution in [2.24, 2.45) is 0 Å². The molecule has 2 heterocycles. The fourth-order valence-corrected chi connectivity index (χ4v) is 2.73. The van der Waals surface area contributed by atoms with Gasteiger partial charge in [-0.1, -0.05) is 23.3 Å². The van der Waals surface area contributed by atoms with Crippen LogP contribution in [0.3, 0.4) is 0 Å². The first-order valence-electron chi connectivity index (χ1n) is 8.44. The van der Waals surface area contributed by atoms with Gasteiger partial charge in [0, 0.05) is 11.8 Å². The van der Waals surface area contributed by atoms with Crippen LogP contribution in [-0.2, 0) is 4.84 Å². The van der Waals surface area contributed by atoms with E-state index >= 15 is 0 Å². The normalized spacial score (nSPS) is 12.7. The van der Waals surface area contributed by atoms with Crippen LogP contribution >= 0.6 is 0 Å². The second kappa shape index (κ2) is 6.96. The van der Waals surface area contributed by atoms with E-state index < -0.39 is 17.8 Å². The number of pyridine rings is 1. The average molecular weight is 374 g/mol. The first-order valence-corrected chi connectivity index (χ1v) is 8.44. The molecule has 0 fully saturated rings. The van der Waals surface area contributed by atoms with Crippen molar-refractivity contribution in [1.82, 2.24) is 10.0 Å². The summed E-state index contributed by atoms with van der Waals surface area (Å²) in [5.74, 6) is -1.21. The molecule has 1 aliphatic heterocycles. The molecule has 0 saturated carbocycles. The smallest absolute Gasteiger partial charge is 0.363 e. The molecule has 1 aromatic heterocycles. The molecule has 2 amide bonds. The number of rotatable bonds is 4. The van der Waals surface area contributed by atoms with Gasteiger partial charge in [-0.2, -0.15) is 0 Å². The average Bonchev–Trinajstić information content (AvgIpc) is 2.95. The van der Waals surface area contributed by atoms with Crippen LogP contribution in [0.15, 0.2) is 66.9 Å². The highest BCUT2D eigenvalue weighted by atomic mass is 16.7. The molecule has 0 radical (unpaired) electrons. The first kappa shape index (κ1) is 17.4. The lowest BCUT2D eigenvalue weighted by Crippen LogP contribution is -2.32. The number of ether oxygens (including phenoxy) is 1. The summed E-state index contributed by atoms with van der Waals surface area (Å²) in [5.41, 5.74) is 1.45. The second-order valence-electron chi connectivity index (χ2n) is 6.08. The molecule has 4 rings (SSSR count). The number of nitrogens with zero attached hydrogens (tertiary/aromatic N) is 2. The van der Waals surface area contributed by atoms with E-state index in [4.69, 9.17) is 9.57 Å². The quantitative estimate of drug-likeness (QED) is 0.649. The summed E-state index contributed by atoms with van der Waals surface area (Å²) in [5, 5.41) is 0.481. The monoisotopic (exact) mass is 374 g/mol. The van der Waals surface area contributed by atoms with Crippen LogP contribution in [0.2, 0.25) is 0 Å². The molecule has 0 unspecified atom stereocenters. The van der Waals surface area contributed by atoms with Gasteiger partial charge in [0.05, 0.1) is 16.7 Å². The van der Waals surface area contributed by atoms with Crippen molar-refractivity contribution in [3.8, 4) is 11.6 Å². The molecule has 0 spiro atoms. The van der Waals surface area contributed by atoms with Crippen molar-refractivity contribution in [1.29, 1.82) is 0 Å². The van der Waals surface area contributed by atoms with E-state index in [1.54, 1.807) is 36.5 Å². The molecule has 0 bridgehead atoms. The molecule has 3 aromatic rings. The zero-order valence-electron chi connectivity index (χ0n) is 14.8. The highest BCUT2D eigenvalue weighted by molar-refractivity contribution is 6.21. The molecule has 1 aliphatic rings. The van der Waals surface area contributed by atoms with Gasteiger partial charge in [-0.25, -0.2) is 9.78 Å². The lowest BCUT2D eigenvalue weighted by Gasteiger charge is -2.13.